The van der Waals surface area contributed by atoms with Crippen molar-refractivity contribution in [1.29, 1.82) is 0 Å². The van der Waals surface area contributed by atoms with E-state index in [1.807, 2.05) is 0 Å². The first-order chi connectivity index (χ1) is 8.47. The number of alkyl halides is 3. The summed E-state index contributed by atoms with van der Waals surface area (Å²) in [4.78, 5) is 0. The molecule has 0 unspecified atom stereocenters. The van der Waals surface area contributed by atoms with Crippen molar-refractivity contribution in [1.82, 2.24) is 10.2 Å². The highest BCUT2D eigenvalue weighted by Crippen LogP contribution is 2.33. The smallest absolute Gasteiger partial charge is 0.398 e. The van der Waals surface area contributed by atoms with Crippen molar-refractivity contribution in [3.05, 3.63) is 34.8 Å². The van der Waals surface area contributed by atoms with Crippen LogP contribution in [0.4, 0.5) is 24.0 Å². The van der Waals surface area contributed by atoms with Gasteiger partial charge in [0.05, 0.1) is 0 Å². The Balaban J connectivity index is 2.03. The van der Waals surface area contributed by atoms with Gasteiger partial charge in [0, 0.05) is 12.2 Å². The van der Waals surface area contributed by atoms with Crippen LogP contribution in [0, 0.1) is 0 Å². The second-order valence-electron chi connectivity index (χ2n) is 3.46. The lowest BCUT2D eigenvalue weighted by atomic mass is 10.2. The highest BCUT2D eigenvalue weighted by atomic mass is 32.1. The lowest BCUT2D eigenvalue weighted by Gasteiger charge is -2.05. The highest BCUT2D eigenvalue weighted by molar-refractivity contribution is 7.15. The largest absolute Gasteiger partial charge is 0.445 e. The number of anilines is 2. The SMILES string of the molecule is Nc1ccccc1CNc1nnc(C(F)(F)F)s1. The monoisotopic (exact) mass is 274 g/mol. The third kappa shape index (κ3) is 2.89. The molecule has 4 nitrogen and oxygen atoms in total. The molecule has 18 heavy (non-hydrogen) atoms. The van der Waals surface area contributed by atoms with Gasteiger partial charge in [-0.2, -0.15) is 13.2 Å². The number of hydrogen-bond acceptors (Lipinski definition) is 5. The molecule has 0 fully saturated rings. The first kappa shape index (κ1) is 12.6. The zero-order chi connectivity index (χ0) is 13.2. The van der Waals surface area contributed by atoms with E-state index in [0.29, 0.717) is 23.6 Å². The van der Waals surface area contributed by atoms with Gasteiger partial charge in [-0.1, -0.05) is 29.5 Å². The molecule has 1 aromatic heterocycles. The first-order valence-corrected chi connectivity index (χ1v) is 5.76. The molecule has 0 spiro atoms. The third-order valence-corrected chi connectivity index (χ3v) is 3.08. The zero-order valence-corrected chi connectivity index (χ0v) is 9.85. The van der Waals surface area contributed by atoms with E-state index in [1.165, 1.54) is 0 Å². The summed E-state index contributed by atoms with van der Waals surface area (Å²) in [5.41, 5.74) is 7.07. The average Bonchev–Trinajstić information content (AvgIpc) is 2.76. The maximum Gasteiger partial charge on any atom is 0.445 e. The van der Waals surface area contributed by atoms with Gasteiger partial charge in [0.1, 0.15) is 0 Å². The number of nitrogens with one attached hydrogen (secondary N) is 1. The molecule has 0 aliphatic heterocycles. The predicted octanol–water partition coefficient (Wildman–Crippen LogP) is 2.75. The van der Waals surface area contributed by atoms with Gasteiger partial charge in [-0.25, -0.2) is 0 Å². The van der Waals surface area contributed by atoms with Gasteiger partial charge in [-0.05, 0) is 11.6 Å². The molecule has 0 aliphatic rings. The summed E-state index contributed by atoms with van der Waals surface area (Å²) in [6.07, 6.45) is -4.45. The summed E-state index contributed by atoms with van der Waals surface area (Å²) >= 11 is 0.466. The van der Waals surface area contributed by atoms with E-state index in [1.54, 1.807) is 24.3 Å². The summed E-state index contributed by atoms with van der Waals surface area (Å²) in [5.74, 6) is 0. The standard InChI is InChI=1S/C10H9F3N4S/c11-10(12,13)8-16-17-9(18-8)15-5-6-3-1-2-4-7(6)14/h1-4H,5,14H2,(H,15,17). The number of benzene rings is 1. The Hall–Kier alpha value is -1.83. The molecule has 3 N–H and O–H groups in total. The molecule has 0 aliphatic carbocycles. The van der Waals surface area contributed by atoms with Crippen molar-refractivity contribution >= 4 is 22.2 Å². The van der Waals surface area contributed by atoms with Crippen molar-refractivity contribution in [2.24, 2.45) is 0 Å². The summed E-state index contributed by atoms with van der Waals surface area (Å²) in [7, 11) is 0. The molecule has 96 valence electrons. The molecule has 1 heterocycles. The number of rotatable bonds is 3. The molecule has 0 saturated heterocycles. The second kappa shape index (κ2) is 4.81. The van der Waals surface area contributed by atoms with E-state index in [0.717, 1.165) is 5.56 Å². The molecule has 0 bridgehead atoms. The molecule has 0 atom stereocenters. The lowest BCUT2D eigenvalue weighted by molar-refractivity contribution is -0.138. The molecule has 0 radical (unpaired) electrons. The molecular weight excluding hydrogens is 265 g/mol. The number of nitrogens with zero attached hydrogens (tertiary/aromatic N) is 2. The fourth-order valence-corrected chi connectivity index (χ4v) is 1.88. The van der Waals surface area contributed by atoms with E-state index in [-0.39, 0.29) is 5.13 Å². The molecule has 2 rings (SSSR count). The van der Waals surface area contributed by atoms with Crippen LogP contribution in [0.15, 0.2) is 24.3 Å². The van der Waals surface area contributed by atoms with E-state index < -0.39 is 11.2 Å². The van der Waals surface area contributed by atoms with Gasteiger partial charge >= 0.3 is 6.18 Å². The van der Waals surface area contributed by atoms with E-state index in [2.05, 4.69) is 15.5 Å². The minimum absolute atomic E-state index is 0.116. The molecule has 1 aromatic carbocycles. The fraction of sp³-hybridized carbons (Fsp3) is 0.200. The van der Waals surface area contributed by atoms with Crippen LogP contribution in [0.3, 0.4) is 0 Å². The van der Waals surface area contributed by atoms with Crippen molar-refractivity contribution in [3.63, 3.8) is 0 Å². The summed E-state index contributed by atoms with van der Waals surface area (Å²) < 4.78 is 36.9. The Kier molecular flexibility index (Phi) is 3.37. The van der Waals surface area contributed by atoms with Crippen LogP contribution in [-0.4, -0.2) is 10.2 Å². The van der Waals surface area contributed by atoms with Gasteiger partial charge in [0.25, 0.3) is 0 Å². The van der Waals surface area contributed by atoms with Crippen molar-refractivity contribution < 1.29 is 13.2 Å². The summed E-state index contributed by atoms with van der Waals surface area (Å²) in [6, 6.07) is 7.09. The third-order valence-electron chi connectivity index (χ3n) is 2.15. The van der Waals surface area contributed by atoms with Crippen LogP contribution in [0.1, 0.15) is 10.6 Å². The number of halogens is 3. The maximum atomic E-state index is 12.3. The Labute approximate surface area is 105 Å². The van der Waals surface area contributed by atoms with Gasteiger partial charge in [-0.15, -0.1) is 10.2 Å². The quantitative estimate of drug-likeness (QED) is 0.845. The molecule has 0 amide bonds. The molecule has 2 aromatic rings. The lowest BCUT2D eigenvalue weighted by Crippen LogP contribution is -2.03. The second-order valence-corrected chi connectivity index (χ2v) is 4.44. The number of nitrogen functional groups attached to an aromatic ring is 1. The number of nitrogens with two attached hydrogens (primary N) is 1. The summed E-state index contributed by atoms with van der Waals surface area (Å²) in [5, 5.41) is 8.40. The van der Waals surface area contributed by atoms with Crippen LogP contribution < -0.4 is 11.1 Å². The van der Waals surface area contributed by atoms with Crippen LogP contribution in [0.2, 0.25) is 0 Å². The van der Waals surface area contributed by atoms with Crippen molar-refractivity contribution in [2.75, 3.05) is 11.1 Å². The molecular formula is C10H9F3N4S. The van der Waals surface area contributed by atoms with Crippen LogP contribution in [-0.2, 0) is 12.7 Å². The highest BCUT2D eigenvalue weighted by Gasteiger charge is 2.35. The minimum atomic E-state index is -4.45. The van der Waals surface area contributed by atoms with Gasteiger partial charge < -0.3 is 11.1 Å². The first-order valence-electron chi connectivity index (χ1n) is 4.95. The Morgan fingerprint density at radius 1 is 1.22 bits per heavy atom. The van der Waals surface area contributed by atoms with Crippen LogP contribution in [0.5, 0.6) is 0 Å². The Morgan fingerprint density at radius 2 is 1.94 bits per heavy atom. The Morgan fingerprint density at radius 3 is 2.56 bits per heavy atom. The van der Waals surface area contributed by atoms with Gasteiger partial charge in [0.2, 0.25) is 10.1 Å². The van der Waals surface area contributed by atoms with Crippen molar-refractivity contribution in [3.8, 4) is 0 Å². The maximum absolute atomic E-state index is 12.3. The van der Waals surface area contributed by atoms with Gasteiger partial charge in [0.15, 0.2) is 0 Å². The predicted molar refractivity (Wildman–Crippen MR) is 63.1 cm³/mol. The Bertz CT molecular complexity index is 538. The zero-order valence-electron chi connectivity index (χ0n) is 9.03. The summed E-state index contributed by atoms with van der Waals surface area (Å²) in [6.45, 7) is 0.305. The molecule has 0 saturated carbocycles. The normalized spacial score (nSPS) is 11.5. The van der Waals surface area contributed by atoms with Crippen LogP contribution in [0.25, 0.3) is 0 Å². The van der Waals surface area contributed by atoms with E-state index in [4.69, 9.17) is 5.73 Å². The van der Waals surface area contributed by atoms with Crippen LogP contribution >= 0.6 is 11.3 Å². The number of para-hydroxylation sites is 1. The van der Waals surface area contributed by atoms with E-state index >= 15 is 0 Å². The van der Waals surface area contributed by atoms with Crippen molar-refractivity contribution in [2.45, 2.75) is 12.7 Å². The molecule has 8 heteroatoms. The topological polar surface area (TPSA) is 63.8 Å². The number of aromatic nitrogens is 2. The minimum Gasteiger partial charge on any atom is -0.398 e. The van der Waals surface area contributed by atoms with Gasteiger partial charge in [-0.3, -0.25) is 0 Å². The average molecular weight is 274 g/mol. The fourth-order valence-electron chi connectivity index (χ4n) is 1.28. The number of hydrogen-bond donors (Lipinski definition) is 2. The van der Waals surface area contributed by atoms with E-state index in [9.17, 15) is 13.2 Å².